The molecular formula is C14H16BFN2O2. The molecular weight excluding hydrogens is 258 g/mol. The fraction of sp³-hybridized carbons (Fsp3) is 0.214. The Bertz CT molecular complexity index is 566. The van der Waals surface area contributed by atoms with Gasteiger partial charge in [0.25, 0.3) is 0 Å². The van der Waals surface area contributed by atoms with Crippen LogP contribution in [0.5, 0.6) is 0 Å². The van der Waals surface area contributed by atoms with Crippen molar-refractivity contribution in [2.45, 2.75) is 13.1 Å². The number of nitrogens with zero attached hydrogens (tertiary/aromatic N) is 2. The highest BCUT2D eigenvalue weighted by Gasteiger charge is 2.17. The summed E-state index contributed by atoms with van der Waals surface area (Å²) in [7, 11) is 0.233. The van der Waals surface area contributed by atoms with E-state index in [4.69, 9.17) is 0 Å². The molecule has 0 radical (unpaired) electrons. The van der Waals surface area contributed by atoms with Gasteiger partial charge < -0.3 is 10.0 Å². The smallest absolute Gasteiger partial charge is 0.423 e. The Morgan fingerprint density at radius 2 is 2.05 bits per heavy atom. The zero-order valence-electron chi connectivity index (χ0n) is 11.2. The molecule has 2 aromatic rings. The lowest BCUT2D eigenvalue weighted by atomic mass is 9.77. The van der Waals surface area contributed by atoms with E-state index in [1.165, 1.54) is 6.07 Å². The first-order valence-corrected chi connectivity index (χ1v) is 6.28. The van der Waals surface area contributed by atoms with E-state index in [1.807, 2.05) is 24.1 Å². The van der Waals surface area contributed by atoms with Crippen LogP contribution in [0.4, 0.5) is 4.39 Å². The summed E-state index contributed by atoms with van der Waals surface area (Å²) in [6, 6.07) is 7.88. The molecule has 104 valence electrons. The third kappa shape index (κ3) is 3.87. The van der Waals surface area contributed by atoms with Gasteiger partial charge in [0, 0.05) is 25.5 Å². The number of halogens is 1. The number of aromatic nitrogens is 1. The molecule has 2 N–H and O–H groups in total. The van der Waals surface area contributed by atoms with Crippen LogP contribution in [0.2, 0.25) is 0 Å². The van der Waals surface area contributed by atoms with Crippen LogP contribution in [0.15, 0.2) is 42.7 Å². The molecule has 0 aliphatic heterocycles. The van der Waals surface area contributed by atoms with Crippen molar-refractivity contribution >= 4 is 12.6 Å². The fourth-order valence-electron chi connectivity index (χ4n) is 2.10. The van der Waals surface area contributed by atoms with Crippen molar-refractivity contribution in [3.63, 3.8) is 0 Å². The van der Waals surface area contributed by atoms with Crippen LogP contribution < -0.4 is 5.46 Å². The molecule has 0 spiro atoms. The molecule has 1 heterocycles. The quantitative estimate of drug-likeness (QED) is 0.781. The summed E-state index contributed by atoms with van der Waals surface area (Å²) in [4.78, 5) is 6.04. The third-order valence-corrected chi connectivity index (χ3v) is 3.00. The van der Waals surface area contributed by atoms with E-state index in [9.17, 15) is 14.4 Å². The first kappa shape index (κ1) is 14.6. The Hall–Kier alpha value is -1.76. The molecule has 0 aliphatic rings. The van der Waals surface area contributed by atoms with Crippen molar-refractivity contribution in [1.29, 1.82) is 0 Å². The van der Waals surface area contributed by atoms with E-state index in [0.29, 0.717) is 18.7 Å². The van der Waals surface area contributed by atoms with Gasteiger partial charge in [0.15, 0.2) is 0 Å². The summed E-state index contributed by atoms with van der Waals surface area (Å²) < 4.78 is 13.1. The Balaban J connectivity index is 2.09. The highest BCUT2D eigenvalue weighted by atomic mass is 19.1. The maximum atomic E-state index is 13.1. The van der Waals surface area contributed by atoms with Gasteiger partial charge in [0.2, 0.25) is 0 Å². The average Bonchev–Trinajstić information content (AvgIpc) is 2.41. The second-order valence-electron chi connectivity index (χ2n) is 4.75. The maximum absolute atomic E-state index is 13.1. The topological polar surface area (TPSA) is 56.6 Å². The minimum Gasteiger partial charge on any atom is -0.423 e. The van der Waals surface area contributed by atoms with E-state index < -0.39 is 12.9 Å². The van der Waals surface area contributed by atoms with Gasteiger partial charge in [-0.1, -0.05) is 12.1 Å². The lowest BCUT2D eigenvalue weighted by molar-refractivity contribution is 0.318. The van der Waals surface area contributed by atoms with Gasteiger partial charge >= 0.3 is 7.12 Å². The van der Waals surface area contributed by atoms with Crippen molar-refractivity contribution in [1.82, 2.24) is 9.88 Å². The molecule has 6 heteroatoms. The highest BCUT2D eigenvalue weighted by Crippen LogP contribution is 2.07. The van der Waals surface area contributed by atoms with E-state index >= 15 is 0 Å². The molecule has 4 nitrogen and oxygen atoms in total. The Labute approximate surface area is 117 Å². The molecule has 20 heavy (non-hydrogen) atoms. The molecule has 0 saturated carbocycles. The monoisotopic (exact) mass is 274 g/mol. The van der Waals surface area contributed by atoms with Crippen LogP contribution in [-0.4, -0.2) is 34.1 Å². The lowest BCUT2D eigenvalue weighted by Crippen LogP contribution is -2.35. The second kappa shape index (κ2) is 6.61. The second-order valence-corrected chi connectivity index (χ2v) is 4.75. The minimum absolute atomic E-state index is 0.197. The summed E-state index contributed by atoms with van der Waals surface area (Å²) in [5.74, 6) is -0.480. The van der Waals surface area contributed by atoms with E-state index in [1.54, 1.807) is 18.5 Å². The Morgan fingerprint density at radius 1 is 1.25 bits per heavy atom. The zero-order chi connectivity index (χ0) is 14.5. The van der Waals surface area contributed by atoms with Crippen LogP contribution in [0, 0.1) is 5.82 Å². The summed E-state index contributed by atoms with van der Waals surface area (Å²) >= 11 is 0. The van der Waals surface area contributed by atoms with Crippen molar-refractivity contribution < 1.29 is 14.4 Å². The predicted octanol–water partition coefficient (Wildman–Crippen LogP) is 0.532. The van der Waals surface area contributed by atoms with Gasteiger partial charge in [-0.05, 0) is 41.8 Å². The van der Waals surface area contributed by atoms with Crippen LogP contribution in [0.3, 0.4) is 0 Å². The van der Waals surface area contributed by atoms with Gasteiger partial charge in [0.1, 0.15) is 5.82 Å². The highest BCUT2D eigenvalue weighted by molar-refractivity contribution is 6.59. The molecule has 1 aromatic heterocycles. The summed E-state index contributed by atoms with van der Waals surface area (Å²) in [6.07, 6.45) is 3.49. The number of benzene rings is 1. The van der Waals surface area contributed by atoms with Gasteiger partial charge in [-0.3, -0.25) is 9.88 Å². The first-order valence-electron chi connectivity index (χ1n) is 6.28. The molecule has 0 bridgehead atoms. The normalized spacial score (nSPS) is 10.8. The molecule has 0 fully saturated rings. The molecule has 0 atom stereocenters. The van der Waals surface area contributed by atoms with Crippen molar-refractivity contribution in [3.05, 3.63) is 59.7 Å². The number of rotatable bonds is 5. The molecule has 0 amide bonds. The standard InChI is InChI=1S/C14H16BFN2O2/c1-18(9-11-3-2-6-17-8-11)10-12-4-5-13(16)7-14(12)15(19)20/h2-8,19-20H,9-10H2,1H3. The summed E-state index contributed by atoms with van der Waals surface area (Å²) in [5.41, 5.74) is 1.94. The average molecular weight is 274 g/mol. The zero-order valence-corrected chi connectivity index (χ0v) is 11.2. The van der Waals surface area contributed by atoms with Crippen molar-refractivity contribution in [3.8, 4) is 0 Å². The predicted molar refractivity (Wildman–Crippen MR) is 75.6 cm³/mol. The van der Waals surface area contributed by atoms with Crippen LogP contribution in [-0.2, 0) is 13.1 Å². The molecule has 0 aliphatic carbocycles. The lowest BCUT2D eigenvalue weighted by Gasteiger charge is -2.18. The number of hydrogen-bond donors (Lipinski definition) is 2. The van der Waals surface area contributed by atoms with Crippen molar-refractivity contribution in [2.75, 3.05) is 7.05 Å². The van der Waals surface area contributed by atoms with Crippen molar-refractivity contribution in [2.24, 2.45) is 0 Å². The van der Waals surface area contributed by atoms with Gasteiger partial charge in [-0.2, -0.15) is 0 Å². The van der Waals surface area contributed by atoms with Gasteiger partial charge in [0.05, 0.1) is 0 Å². The first-order chi connectivity index (χ1) is 9.56. The number of pyridine rings is 1. The number of hydrogen-bond acceptors (Lipinski definition) is 4. The summed E-state index contributed by atoms with van der Waals surface area (Å²) in [6.45, 7) is 1.16. The summed E-state index contributed by atoms with van der Waals surface area (Å²) in [5, 5.41) is 18.6. The maximum Gasteiger partial charge on any atom is 0.488 e. The minimum atomic E-state index is -1.67. The van der Waals surface area contributed by atoms with Gasteiger partial charge in [-0.15, -0.1) is 0 Å². The fourth-order valence-corrected chi connectivity index (χ4v) is 2.10. The van der Waals surface area contributed by atoms with Crippen LogP contribution in [0.1, 0.15) is 11.1 Å². The van der Waals surface area contributed by atoms with Gasteiger partial charge in [-0.25, -0.2) is 4.39 Å². The Morgan fingerprint density at radius 3 is 2.70 bits per heavy atom. The molecule has 0 saturated heterocycles. The third-order valence-electron chi connectivity index (χ3n) is 3.00. The Kier molecular flexibility index (Phi) is 4.84. The molecule has 1 aromatic carbocycles. The van der Waals surface area contributed by atoms with Crippen LogP contribution in [0.25, 0.3) is 0 Å². The SMILES string of the molecule is CN(Cc1cccnc1)Cc1ccc(F)cc1B(O)O. The van der Waals surface area contributed by atoms with Crippen LogP contribution >= 0.6 is 0 Å². The molecule has 0 unspecified atom stereocenters. The van der Waals surface area contributed by atoms with E-state index in [-0.39, 0.29) is 5.46 Å². The molecule has 2 rings (SSSR count). The largest absolute Gasteiger partial charge is 0.488 e. The van der Waals surface area contributed by atoms with E-state index in [2.05, 4.69) is 4.98 Å². The van der Waals surface area contributed by atoms with E-state index in [0.717, 1.165) is 11.6 Å².